The quantitative estimate of drug-likeness (QED) is 0.594. The number of aliphatic imine (C=N–C) groups is 1. The largest absolute Gasteiger partial charge is 0.399 e. The summed E-state index contributed by atoms with van der Waals surface area (Å²) >= 11 is 0. The van der Waals surface area contributed by atoms with E-state index in [9.17, 15) is 4.79 Å². The number of nitrogens with zero attached hydrogens (tertiary/aromatic N) is 1. The molecule has 3 heteroatoms. The van der Waals surface area contributed by atoms with Crippen LogP contribution in [-0.2, 0) is 4.79 Å². The van der Waals surface area contributed by atoms with Crippen LogP contribution < -0.4 is 5.73 Å². The molecule has 2 aliphatic rings. The second-order valence-electron chi connectivity index (χ2n) is 3.24. The third kappa shape index (κ3) is 1.33. The summed E-state index contributed by atoms with van der Waals surface area (Å²) in [4.78, 5) is 15.0. The fourth-order valence-electron chi connectivity index (χ4n) is 1.55. The van der Waals surface area contributed by atoms with E-state index in [2.05, 4.69) is 4.99 Å². The van der Waals surface area contributed by atoms with Crippen LogP contribution in [0, 0.1) is 5.92 Å². The Bertz CT molecular complexity index is 386. The number of fused-ring (bicyclic) bond motifs is 1. The predicted molar refractivity (Wildman–Crippen MR) is 51.1 cm³/mol. The zero-order chi connectivity index (χ0) is 9.42. The molecular weight excluding hydrogens is 164 g/mol. The Kier molecular flexibility index (Phi) is 1.65. The first kappa shape index (κ1) is 7.98. The molecule has 1 heterocycles. The van der Waals surface area contributed by atoms with Gasteiger partial charge in [-0.1, -0.05) is 11.6 Å². The van der Waals surface area contributed by atoms with Crippen LogP contribution in [0.3, 0.4) is 0 Å². The fourth-order valence-corrected chi connectivity index (χ4v) is 1.55. The van der Waals surface area contributed by atoms with Gasteiger partial charge in [-0.25, -0.2) is 4.99 Å². The van der Waals surface area contributed by atoms with Crippen molar-refractivity contribution in [2.45, 2.75) is 6.92 Å². The van der Waals surface area contributed by atoms with Gasteiger partial charge in [-0.3, -0.25) is 4.79 Å². The minimum absolute atomic E-state index is 0.144. The van der Waals surface area contributed by atoms with E-state index in [1.807, 2.05) is 19.1 Å². The lowest BCUT2D eigenvalue weighted by Gasteiger charge is -2.20. The summed E-state index contributed by atoms with van der Waals surface area (Å²) in [6, 6.07) is 0. The average molecular weight is 174 g/mol. The van der Waals surface area contributed by atoms with Gasteiger partial charge in [0, 0.05) is 17.7 Å². The van der Waals surface area contributed by atoms with E-state index < -0.39 is 0 Å². The maximum absolute atomic E-state index is 11.1. The van der Waals surface area contributed by atoms with Gasteiger partial charge in [0.05, 0.1) is 5.71 Å². The van der Waals surface area contributed by atoms with Crippen LogP contribution in [-0.4, -0.2) is 11.6 Å². The molecule has 1 amide bonds. The Morgan fingerprint density at radius 3 is 3.00 bits per heavy atom. The molecule has 1 unspecified atom stereocenters. The van der Waals surface area contributed by atoms with Crippen molar-refractivity contribution in [2.75, 3.05) is 0 Å². The second-order valence-corrected chi connectivity index (χ2v) is 3.24. The van der Waals surface area contributed by atoms with Crippen LogP contribution in [0.25, 0.3) is 0 Å². The van der Waals surface area contributed by atoms with Crippen LogP contribution in [0.2, 0.25) is 0 Å². The van der Waals surface area contributed by atoms with Crippen LogP contribution in [0.4, 0.5) is 0 Å². The van der Waals surface area contributed by atoms with Crippen LogP contribution in [0.5, 0.6) is 0 Å². The van der Waals surface area contributed by atoms with E-state index in [-0.39, 0.29) is 11.8 Å². The molecule has 0 aromatic carbocycles. The summed E-state index contributed by atoms with van der Waals surface area (Å²) in [5.41, 5.74) is 8.02. The molecule has 2 rings (SSSR count). The molecule has 0 fully saturated rings. The molecule has 0 saturated heterocycles. The van der Waals surface area contributed by atoms with Gasteiger partial charge in [0.15, 0.2) is 0 Å². The third-order valence-electron chi connectivity index (χ3n) is 2.20. The normalized spacial score (nSPS) is 26.1. The smallest absolute Gasteiger partial charge is 0.269 e. The van der Waals surface area contributed by atoms with Crippen molar-refractivity contribution in [1.29, 1.82) is 0 Å². The van der Waals surface area contributed by atoms with Gasteiger partial charge in [0.25, 0.3) is 5.91 Å². The van der Waals surface area contributed by atoms with Gasteiger partial charge in [-0.15, -0.1) is 0 Å². The Morgan fingerprint density at radius 2 is 2.23 bits per heavy atom. The van der Waals surface area contributed by atoms with Crippen LogP contribution in [0.1, 0.15) is 6.92 Å². The van der Waals surface area contributed by atoms with Gasteiger partial charge in [-0.05, 0) is 19.1 Å². The molecule has 1 atom stereocenters. The molecule has 13 heavy (non-hydrogen) atoms. The van der Waals surface area contributed by atoms with Gasteiger partial charge in [-0.2, -0.15) is 0 Å². The molecule has 0 saturated carbocycles. The van der Waals surface area contributed by atoms with Crippen molar-refractivity contribution in [1.82, 2.24) is 0 Å². The molecule has 0 bridgehead atoms. The van der Waals surface area contributed by atoms with E-state index in [4.69, 9.17) is 5.73 Å². The summed E-state index contributed by atoms with van der Waals surface area (Å²) < 4.78 is 0. The number of allylic oxidation sites excluding steroid dienone is 4. The summed E-state index contributed by atoms with van der Waals surface area (Å²) in [5, 5.41) is 0. The first-order chi connectivity index (χ1) is 6.16. The first-order valence-corrected chi connectivity index (χ1v) is 4.13. The van der Waals surface area contributed by atoms with Gasteiger partial charge < -0.3 is 5.73 Å². The van der Waals surface area contributed by atoms with E-state index in [0.717, 1.165) is 11.3 Å². The Hall–Kier alpha value is -1.64. The van der Waals surface area contributed by atoms with Crippen molar-refractivity contribution < 1.29 is 4.79 Å². The van der Waals surface area contributed by atoms with E-state index in [1.165, 1.54) is 0 Å². The molecule has 66 valence electrons. The number of nitrogens with two attached hydrogens (primary N) is 1. The van der Waals surface area contributed by atoms with E-state index >= 15 is 0 Å². The third-order valence-corrected chi connectivity index (χ3v) is 2.20. The summed E-state index contributed by atoms with van der Waals surface area (Å²) in [5.74, 6) is -0.0481. The van der Waals surface area contributed by atoms with Gasteiger partial charge in [0.1, 0.15) is 0 Å². The zero-order valence-corrected chi connectivity index (χ0v) is 7.32. The molecule has 2 N–H and O–H groups in total. The number of rotatable bonds is 0. The minimum atomic E-state index is -0.192. The number of amides is 1. The molecular formula is C10H10N2O. The van der Waals surface area contributed by atoms with Gasteiger partial charge >= 0.3 is 0 Å². The summed E-state index contributed by atoms with van der Waals surface area (Å²) in [7, 11) is 0. The lowest BCUT2D eigenvalue weighted by Crippen LogP contribution is -2.22. The standard InChI is InChI=1S/C10H10N2O/c1-6-4-10(13)12-9-5-7(11)2-3-8(6)9/h2-5,8H,11H2,1H3. The second kappa shape index (κ2) is 2.69. The number of dihydropyridines is 1. The van der Waals surface area contributed by atoms with E-state index in [0.29, 0.717) is 5.70 Å². The molecule has 0 radical (unpaired) electrons. The monoisotopic (exact) mass is 174 g/mol. The Labute approximate surface area is 76.3 Å². The van der Waals surface area contributed by atoms with E-state index in [1.54, 1.807) is 12.2 Å². The first-order valence-electron chi connectivity index (χ1n) is 4.13. The molecule has 1 aliphatic carbocycles. The highest BCUT2D eigenvalue weighted by atomic mass is 16.1. The average Bonchev–Trinajstić information content (AvgIpc) is 2.02. The van der Waals surface area contributed by atoms with Crippen molar-refractivity contribution >= 4 is 11.6 Å². The predicted octanol–water partition coefficient (Wildman–Crippen LogP) is 0.943. The fraction of sp³-hybridized carbons (Fsp3) is 0.200. The van der Waals surface area contributed by atoms with Crippen molar-refractivity contribution in [2.24, 2.45) is 16.6 Å². The van der Waals surface area contributed by atoms with Crippen molar-refractivity contribution in [3.05, 3.63) is 35.6 Å². The highest BCUT2D eigenvalue weighted by molar-refractivity contribution is 6.12. The number of carbonyl (C=O) groups excluding carboxylic acids is 1. The summed E-state index contributed by atoms with van der Waals surface area (Å²) in [6.45, 7) is 1.93. The van der Waals surface area contributed by atoms with Crippen LogP contribution >= 0.6 is 0 Å². The van der Waals surface area contributed by atoms with Gasteiger partial charge in [0.2, 0.25) is 0 Å². The molecule has 0 aromatic heterocycles. The molecule has 0 aromatic rings. The zero-order valence-electron chi connectivity index (χ0n) is 7.32. The lowest BCUT2D eigenvalue weighted by atomic mass is 9.88. The van der Waals surface area contributed by atoms with Crippen molar-refractivity contribution in [3.8, 4) is 0 Å². The van der Waals surface area contributed by atoms with Crippen molar-refractivity contribution in [3.63, 3.8) is 0 Å². The Morgan fingerprint density at radius 1 is 1.46 bits per heavy atom. The highest BCUT2D eigenvalue weighted by Crippen LogP contribution is 2.23. The molecule has 0 spiro atoms. The SMILES string of the molecule is CC1=CC(=O)N=C2C=C(N)C=CC12. The Balaban J connectivity index is 2.44. The molecule has 1 aliphatic heterocycles. The lowest BCUT2D eigenvalue weighted by molar-refractivity contribution is -0.113. The number of carbonyl (C=O) groups is 1. The maximum atomic E-state index is 11.1. The molecule has 3 nitrogen and oxygen atoms in total. The summed E-state index contributed by atoms with van der Waals surface area (Å²) in [6.07, 6.45) is 7.12. The maximum Gasteiger partial charge on any atom is 0.269 e. The minimum Gasteiger partial charge on any atom is -0.399 e. The topological polar surface area (TPSA) is 55.5 Å². The highest BCUT2D eigenvalue weighted by Gasteiger charge is 2.21. The number of hydrogen-bond acceptors (Lipinski definition) is 2. The number of hydrogen-bond donors (Lipinski definition) is 1. The van der Waals surface area contributed by atoms with Crippen LogP contribution in [0.15, 0.2) is 40.6 Å².